The van der Waals surface area contributed by atoms with E-state index in [1.165, 1.54) is 0 Å². The molecule has 0 saturated heterocycles. The van der Waals surface area contributed by atoms with E-state index in [0.717, 1.165) is 28.3 Å². The first kappa shape index (κ1) is 28.2. The van der Waals surface area contributed by atoms with Gasteiger partial charge in [0.05, 0.1) is 25.2 Å². The molecule has 0 spiro atoms. The number of rotatable bonds is 10. The average Bonchev–Trinajstić information content (AvgIpc) is 2.91. The number of hydrogen-bond donors (Lipinski definition) is 0. The number of methoxy groups -OCH3 is 1. The van der Waals surface area contributed by atoms with Crippen molar-refractivity contribution in [2.75, 3.05) is 31.8 Å². The van der Waals surface area contributed by atoms with E-state index in [2.05, 4.69) is 6.92 Å². The third kappa shape index (κ3) is 6.10. The van der Waals surface area contributed by atoms with E-state index >= 15 is 0 Å². The number of allylic oxidation sites excluding steroid dienone is 1. The number of ketones is 1. The third-order valence-corrected chi connectivity index (χ3v) is 8.14. The zero-order valence-electron chi connectivity index (χ0n) is 22.3. The van der Waals surface area contributed by atoms with Crippen LogP contribution in [0, 0.1) is 5.92 Å². The molecule has 0 bridgehead atoms. The molecule has 0 amide bonds. The number of aliphatic imine (C=N–C) groups is 1. The molecule has 1 heterocycles. The Hall–Kier alpha value is -2.77. The molecule has 2 aromatic rings. The molecule has 3 atom stereocenters. The number of thioether (sulfide) groups is 1. The standard InChI is InChI=1S/C30H34ClNO5S/c1-5-36-25-12-9-20(17-26(25)35-4)28-27(30(34)37-13-14-38-6-2)18(3)32-23-15-21(16-24(33)29(23)28)19-7-10-22(31)11-8-19/h7-12,17,21,28-29H,5-6,13-16H2,1-4H3/t21-,28-,29?/m0/s1. The maximum atomic E-state index is 13.8. The minimum atomic E-state index is -0.544. The van der Waals surface area contributed by atoms with E-state index in [4.69, 9.17) is 30.8 Å². The molecular formula is C30H34ClNO5S. The third-order valence-electron chi connectivity index (χ3n) is 7.03. The second-order valence-corrected chi connectivity index (χ2v) is 11.2. The normalized spacial score (nSPS) is 21.0. The SMILES string of the molecule is CCOc1ccc([C@H]2C(C(=O)OCCSCC)=C(C)N=C3C[C@H](c4ccc(Cl)cc4)CC(=O)C32)cc1OC. The van der Waals surface area contributed by atoms with Crippen LogP contribution in [-0.4, -0.2) is 49.3 Å². The Kier molecular flexibility index (Phi) is 9.55. The van der Waals surface area contributed by atoms with Crippen molar-refractivity contribution in [2.45, 2.75) is 45.4 Å². The highest BCUT2D eigenvalue weighted by Crippen LogP contribution is 2.47. The highest BCUT2D eigenvalue weighted by molar-refractivity contribution is 7.99. The maximum absolute atomic E-state index is 13.8. The van der Waals surface area contributed by atoms with Crippen LogP contribution in [0.3, 0.4) is 0 Å². The van der Waals surface area contributed by atoms with Crippen LogP contribution in [0.2, 0.25) is 5.02 Å². The summed E-state index contributed by atoms with van der Waals surface area (Å²) in [5, 5.41) is 0.660. The summed E-state index contributed by atoms with van der Waals surface area (Å²) < 4.78 is 17.0. The quantitative estimate of drug-likeness (QED) is 0.242. The monoisotopic (exact) mass is 555 g/mol. The molecule has 2 aromatic carbocycles. The van der Waals surface area contributed by atoms with Crippen molar-refractivity contribution in [1.29, 1.82) is 0 Å². The van der Waals surface area contributed by atoms with Crippen molar-refractivity contribution < 1.29 is 23.8 Å². The Morgan fingerprint density at radius 2 is 1.79 bits per heavy atom. The summed E-state index contributed by atoms with van der Waals surface area (Å²) in [6.45, 7) is 6.61. The molecule has 202 valence electrons. The van der Waals surface area contributed by atoms with Gasteiger partial charge in [-0.1, -0.05) is 36.7 Å². The summed E-state index contributed by atoms with van der Waals surface area (Å²) in [4.78, 5) is 32.1. The minimum Gasteiger partial charge on any atom is -0.493 e. The van der Waals surface area contributed by atoms with Crippen molar-refractivity contribution in [3.8, 4) is 11.5 Å². The van der Waals surface area contributed by atoms with Gasteiger partial charge in [-0.3, -0.25) is 9.79 Å². The Balaban J connectivity index is 1.75. The smallest absolute Gasteiger partial charge is 0.336 e. The first-order valence-corrected chi connectivity index (χ1v) is 14.5. The van der Waals surface area contributed by atoms with Gasteiger partial charge in [-0.05, 0) is 67.3 Å². The van der Waals surface area contributed by atoms with Crippen LogP contribution < -0.4 is 9.47 Å². The fourth-order valence-corrected chi connectivity index (χ4v) is 5.96. The Bertz CT molecular complexity index is 1240. The van der Waals surface area contributed by atoms with Crippen LogP contribution in [0.4, 0.5) is 0 Å². The number of esters is 1. The molecule has 6 nitrogen and oxygen atoms in total. The van der Waals surface area contributed by atoms with Crippen LogP contribution in [0.25, 0.3) is 0 Å². The molecular weight excluding hydrogens is 522 g/mol. The summed E-state index contributed by atoms with van der Waals surface area (Å²) in [7, 11) is 1.58. The predicted octanol–water partition coefficient (Wildman–Crippen LogP) is 6.62. The highest BCUT2D eigenvalue weighted by atomic mass is 35.5. The number of Topliss-reactive ketones (excluding diaryl/α,β-unsaturated/α-hetero) is 1. The van der Waals surface area contributed by atoms with E-state index in [1.54, 1.807) is 18.9 Å². The number of halogens is 1. The Labute approximate surface area is 233 Å². The van der Waals surface area contributed by atoms with Gasteiger partial charge >= 0.3 is 5.97 Å². The lowest BCUT2D eigenvalue weighted by Gasteiger charge is -2.38. The van der Waals surface area contributed by atoms with Crippen LogP contribution in [-0.2, 0) is 14.3 Å². The largest absolute Gasteiger partial charge is 0.493 e. The van der Waals surface area contributed by atoms with Crippen molar-refractivity contribution >= 4 is 40.8 Å². The number of ether oxygens (including phenoxy) is 3. The van der Waals surface area contributed by atoms with Crippen molar-refractivity contribution in [3.05, 3.63) is 69.9 Å². The van der Waals surface area contributed by atoms with Gasteiger partial charge in [-0.25, -0.2) is 4.79 Å². The summed E-state index contributed by atoms with van der Waals surface area (Å²) in [5.74, 6) is 1.43. The fraction of sp³-hybridized carbons (Fsp3) is 0.433. The van der Waals surface area contributed by atoms with Crippen molar-refractivity contribution in [3.63, 3.8) is 0 Å². The first-order valence-electron chi connectivity index (χ1n) is 13.0. The molecule has 1 aliphatic heterocycles. The van der Waals surface area contributed by atoms with Crippen LogP contribution >= 0.6 is 23.4 Å². The van der Waals surface area contributed by atoms with Gasteiger partial charge in [0.25, 0.3) is 0 Å². The number of fused-ring (bicyclic) bond motifs is 1. The van der Waals surface area contributed by atoms with E-state index in [1.807, 2.05) is 56.3 Å². The molecule has 0 radical (unpaired) electrons. The summed E-state index contributed by atoms with van der Waals surface area (Å²) in [6, 6.07) is 13.3. The minimum absolute atomic E-state index is 0.0117. The molecule has 4 rings (SSSR count). The zero-order valence-corrected chi connectivity index (χ0v) is 23.9. The highest BCUT2D eigenvalue weighted by Gasteiger charge is 2.46. The molecule has 8 heteroatoms. The van der Waals surface area contributed by atoms with Gasteiger partial charge in [0.1, 0.15) is 12.4 Å². The summed E-state index contributed by atoms with van der Waals surface area (Å²) in [6.07, 6.45) is 1.00. The van der Waals surface area contributed by atoms with E-state index < -0.39 is 17.8 Å². The lowest BCUT2D eigenvalue weighted by molar-refractivity contribution is -0.139. The second kappa shape index (κ2) is 12.9. The molecule has 1 unspecified atom stereocenters. The molecule has 1 saturated carbocycles. The maximum Gasteiger partial charge on any atom is 0.336 e. The van der Waals surface area contributed by atoms with E-state index in [0.29, 0.717) is 53.8 Å². The molecule has 2 aliphatic rings. The zero-order chi connectivity index (χ0) is 27.2. The topological polar surface area (TPSA) is 74.2 Å². The van der Waals surface area contributed by atoms with Gasteiger partial charge in [0, 0.05) is 34.5 Å². The van der Waals surface area contributed by atoms with E-state index in [-0.39, 0.29) is 11.7 Å². The van der Waals surface area contributed by atoms with Crippen LogP contribution in [0.1, 0.15) is 56.6 Å². The van der Waals surface area contributed by atoms with Crippen LogP contribution in [0.15, 0.2) is 58.7 Å². The number of carbonyl (C=O) groups is 2. The lowest BCUT2D eigenvalue weighted by atomic mass is 9.66. The van der Waals surface area contributed by atoms with E-state index in [9.17, 15) is 9.59 Å². The van der Waals surface area contributed by atoms with Gasteiger partial charge in [0.2, 0.25) is 0 Å². The van der Waals surface area contributed by atoms with Crippen molar-refractivity contribution in [1.82, 2.24) is 0 Å². The lowest BCUT2D eigenvalue weighted by Crippen LogP contribution is -2.41. The van der Waals surface area contributed by atoms with Crippen LogP contribution in [0.5, 0.6) is 11.5 Å². The number of benzene rings is 2. The molecule has 38 heavy (non-hydrogen) atoms. The Morgan fingerprint density at radius 3 is 2.47 bits per heavy atom. The average molecular weight is 556 g/mol. The first-order chi connectivity index (χ1) is 18.4. The molecule has 1 fully saturated rings. The van der Waals surface area contributed by atoms with Gasteiger partial charge in [0.15, 0.2) is 11.5 Å². The predicted molar refractivity (Wildman–Crippen MR) is 153 cm³/mol. The molecule has 0 N–H and O–H groups in total. The van der Waals surface area contributed by atoms with Gasteiger partial charge in [-0.2, -0.15) is 11.8 Å². The summed E-state index contributed by atoms with van der Waals surface area (Å²) in [5.41, 5.74) is 3.69. The Morgan fingerprint density at radius 1 is 1.05 bits per heavy atom. The van der Waals surface area contributed by atoms with Crippen molar-refractivity contribution in [2.24, 2.45) is 10.9 Å². The number of nitrogens with zero attached hydrogens (tertiary/aromatic N) is 1. The number of carbonyl (C=O) groups excluding carboxylic acids is 2. The summed E-state index contributed by atoms with van der Waals surface area (Å²) >= 11 is 7.80. The molecule has 0 aromatic heterocycles. The van der Waals surface area contributed by atoms with Gasteiger partial charge < -0.3 is 14.2 Å². The fourth-order valence-electron chi connectivity index (χ4n) is 5.34. The second-order valence-electron chi connectivity index (χ2n) is 9.36. The molecule has 1 aliphatic carbocycles. The number of hydrogen-bond acceptors (Lipinski definition) is 7. The van der Waals surface area contributed by atoms with Gasteiger partial charge in [-0.15, -0.1) is 0 Å².